The number of hydrogen-bond acceptors (Lipinski definition) is 2. The topological polar surface area (TPSA) is 29.5 Å². The van der Waals surface area contributed by atoms with Crippen LogP contribution >= 0.6 is 0 Å². The van der Waals surface area contributed by atoms with Crippen LogP contribution in [0.1, 0.15) is 29.9 Å². The molecule has 1 fully saturated rings. The maximum absolute atomic E-state index is 10.4. The first-order chi connectivity index (χ1) is 11.1. The summed E-state index contributed by atoms with van der Waals surface area (Å²) < 4.78 is 5.96. The summed E-state index contributed by atoms with van der Waals surface area (Å²) in [5, 5.41) is 10.4. The lowest BCUT2D eigenvalue weighted by atomic mass is 9.49. The molecule has 0 spiro atoms. The minimum atomic E-state index is 0.209. The molecule has 23 heavy (non-hydrogen) atoms. The van der Waals surface area contributed by atoms with Crippen molar-refractivity contribution in [2.45, 2.75) is 18.8 Å². The molecule has 2 nitrogen and oxygen atoms in total. The van der Waals surface area contributed by atoms with Gasteiger partial charge in [-0.2, -0.15) is 0 Å². The first kappa shape index (κ1) is 14.1. The van der Waals surface area contributed by atoms with Crippen molar-refractivity contribution in [2.75, 3.05) is 0 Å². The van der Waals surface area contributed by atoms with Gasteiger partial charge in [-0.3, -0.25) is 0 Å². The van der Waals surface area contributed by atoms with E-state index in [-0.39, 0.29) is 23.7 Å². The number of aromatic hydroxyl groups is 1. The molecule has 2 heteroatoms. The third-order valence-corrected chi connectivity index (χ3v) is 5.30. The van der Waals surface area contributed by atoms with Gasteiger partial charge in [-0.15, -0.1) is 0 Å². The minimum absolute atomic E-state index is 0.209. The number of phenols is 1. The average molecular weight is 304 g/mol. The molecule has 2 aromatic rings. The molecule has 1 saturated carbocycles. The summed E-state index contributed by atoms with van der Waals surface area (Å²) in [5.41, 5.74) is 3.31. The SMILES string of the molecule is C=C(C)C1C2C(=C)Oc3ccccc3C2C1c1ccccc1O. The van der Waals surface area contributed by atoms with E-state index >= 15 is 0 Å². The highest BCUT2D eigenvalue weighted by molar-refractivity contribution is 5.52. The molecular weight excluding hydrogens is 284 g/mol. The van der Waals surface area contributed by atoms with E-state index in [0.717, 1.165) is 22.6 Å². The highest BCUT2D eigenvalue weighted by Crippen LogP contribution is 2.66. The standard InChI is InChI=1S/C21H20O2/c1-12(2)18-19-13(3)23-17-11-7-5-9-15(17)21(19)20(18)14-8-4-6-10-16(14)22/h4-11,18-22H,1,3H2,2H3. The summed E-state index contributed by atoms with van der Waals surface area (Å²) in [5.74, 6) is 3.02. The largest absolute Gasteiger partial charge is 0.508 e. The van der Waals surface area contributed by atoms with Gasteiger partial charge in [0, 0.05) is 17.8 Å². The molecule has 0 amide bonds. The molecule has 1 aliphatic carbocycles. The van der Waals surface area contributed by atoms with Gasteiger partial charge in [0.25, 0.3) is 0 Å². The van der Waals surface area contributed by atoms with Crippen LogP contribution in [0.5, 0.6) is 11.5 Å². The molecule has 0 radical (unpaired) electrons. The predicted molar refractivity (Wildman–Crippen MR) is 91.6 cm³/mol. The van der Waals surface area contributed by atoms with Gasteiger partial charge in [0.2, 0.25) is 0 Å². The lowest BCUT2D eigenvalue weighted by Gasteiger charge is -2.55. The molecule has 4 unspecified atom stereocenters. The normalized spacial score (nSPS) is 28.1. The fraction of sp³-hybridized carbons (Fsp3) is 0.238. The maximum Gasteiger partial charge on any atom is 0.130 e. The van der Waals surface area contributed by atoms with Gasteiger partial charge in [-0.05, 0) is 36.1 Å². The number of allylic oxidation sites excluding steroid dienone is 2. The van der Waals surface area contributed by atoms with E-state index in [9.17, 15) is 5.11 Å². The van der Waals surface area contributed by atoms with Gasteiger partial charge in [0.1, 0.15) is 17.3 Å². The number of phenolic OH excluding ortho intramolecular Hbond substituents is 1. The van der Waals surface area contributed by atoms with E-state index in [1.54, 1.807) is 6.07 Å². The Morgan fingerprint density at radius 3 is 2.30 bits per heavy atom. The van der Waals surface area contributed by atoms with Gasteiger partial charge < -0.3 is 9.84 Å². The highest BCUT2D eigenvalue weighted by Gasteiger charge is 2.56. The molecule has 2 aliphatic rings. The molecule has 0 bridgehead atoms. The number of rotatable bonds is 2. The number of fused-ring (bicyclic) bond motifs is 3. The Bertz CT molecular complexity index is 805. The van der Waals surface area contributed by atoms with Crippen molar-refractivity contribution < 1.29 is 9.84 Å². The van der Waals surface area contributed by atoms with Crippen molar-refractivity contribution in [1.82, 2.24) is 0 Å². The van der Waals surface area contributed by atoms with Crippen LogP contribution in [0.25, 0.3) is 0 Å². The van der Waals surface area contributed by atoms with Crippen LogP contribution in [0.3, 0.4) is 0 Å². The Labute approximate surface area is 136 Å². The molecule has 2 aromatic carbocycles. The zero-order chi connectivity index (χ0) is 16.1. The smallest absolute Gasteiger partial charge is 0.130 e. The molecule has 1 N–H and O–H groups in total. The second-order valence-corrected chi connectivity index (χ2v) is 6.61. The zero-order valence-electron chi connectivity index (χ0n) is 13.2. The van der Waals surface area contributed by atoms with E-state index in [1.165, 1.54) is 5.56 Å². The fourth-order valence-electron chi connectivity index (χ4n) is 4.36. The maximum atomic E-state index is 10.4. The number of ether oxygens (including phenoxy) is 1. The Morgan fingerprint density at radius 1 is 0.957 bits per heavy atom. The first-order valence-corrected chi connectivity index (χ1v) is 7.98. The van der Waals surface area contributed by atoms with Gasteiger partial charge in [-0.1, -0.05) is 55.1 Å². The predicted octanol–water partition coefficient (Wildman–Crippen LogP) is 4.99. The Kier molecular flexibility index (Phi) is 3.08. The molecule has 4 atom stereocenters. The van der Waals surface area contributed by atoms with Gasteiger partial charge >= 0.3 is 0 Å². The van der Waals surface area contributed by atoms with Crippen LogP contribution in [0.15, 0.2) is 73.0 Å². The van der Waals surface area contributed by atoms with E-state index in [0.29, 0.717) is 5.75 Å². The molecule has 4 rings (SSSR count). The van der Waals surface area contributed by atoms with E-state index < -0.39 is 0 Å². The Morgan fingerprint density at radius 2 is 1.61 bits per heavy atom. The third kappa shape index (κ3) is 1.94. The quantitative estimate of drug-likeness (QED) is 0.792. The van der Waals surface area contributed by atoms with E-state index in [1.807, 2.05) is 36.4 Å². The first-order valence-electron chi connectivity index (χ1n) is 7.98. The van der Waals surface area contributed by atoms with Crippen LogP contribution < -0.4 is 4.74 Å². The monoisotopic (exact) mass is 304 g/mol. The number of benzene rings is 2. The van der Waals surface area contributed by atoms with Crippen LogP contribution in [0.2, 0.25) is 0 Å². The number of hydrogen-bond donors (Lipinski definition) is 1. The summed E-state index contributed by atoms with van der Waals surface area (Å²) >= 11 is 0. The molecule has 116 valence electrons. The molecular formula is C21H20O2. The average Bonchev–Trinajstić information content (AvgIpc) is 2.49. The summed E-state index contributed by atoms with van der Waals surface area (Å²) in [4.78, 5) is 0. The van der Waals surface area contributed by atoms with Crippen molar-refractivity contribution in [1.29, 1.82) is 0 Å². The van der Waals surface area contributed by atoms with Crippen molar-refractivity contribution in [3.63, 3.8) is 0 Å². The molecule has 1 aliphatic heterocycles. The Hall–Kier alpha value is -2.48. The van der Waals surface area contributed by atoms with E-state index in [2.05, 4.69) is 26.1 Å². The summed E-state index contributed by atoms with van der Waals surface area (Å²) in [6.45, 7) is 10.4. The summed E-state index contributed by atoms with van der Waals surface area (Å²) in [6, 6.07) is 15.8. The Balaban J connectivity index is 1.87. The third-order valence-electron chi connectivity index (χ3n) is 5.30. The second kappa shape index (κ2) is 5.02. The van der Waals surface area contributed by atoms with Crippen LogP contribution in [-0.2, 0) is 0 Å². The van der Waals surface area contributed by atoms with Crippen molar-refractivity contribution in [3.8, 4) is 11.5 Å². The molecule has 0 aromatic heterocycles. The molecule has 0 saturated heterocycles. The van der Waals surface area contributed by atoms with Gasteiger partial charge in [0.15, 0.2) is 0 Å². The van der Waals surface area contributed by atoms with Gasteiger partial charge in [0.05, 0.1) is 0 Å². The van der Waals surface area contributed by atoms with Crippen molar-refractivity contribution in [2.24, 2.45) is 11.8 Å². The fourth-order valence-corrected chi connectivity index (χ4v) is 4.36. The molecule has 1 heterocycles. The second-order valence-electron chi connectivity index (χ2n) is 6.61. The van der Waals surface area contributed by atoms with Crippen molar-refractivity contribution >= 4 is 0 Å². The minimum Gasteiger partial charge on any atom is -0.508 e. The lowest BCUT2D eigenvalue weighted by Crippen LogP contribution is -2.47. The van der Waals surface area contributed by atoms with Crippen LogP contribution in [0, 0.1) is 11.8 Å². The van der Waals surface area contributed by atoms with E-state index in [4.69, 9.17) is 4.74 Å². The zero-order valence-corrected chi connectivity index (χ0v) is 13.2. The van der Waals surface area contributed by atoms with Crippen LogP contribution in [0.4, 0.5) is 0 Å². The summed E-state index contributed by atoms with van der Waals surface area (Å²) in [6.07, 6.45) is 0. The van der Waals surface area contributed by atoms with Crippen molar-refractivity contribution in [3.05, 3.63) is 84.1 Å². The van der Waals surface area contributed by atoms with Crippen LogP contribution in [-0.4, -0.2) is 5.11 Å². The van der Waals surface area contributed by atoms with Gasteiger partial charge in [-0.25, -0.2) is 0 Å². The highest BCUT2D eigenvalue weighted by atomic mass is 16.5. The number of para-hydroxylation sites is 2. The lowest BCUT2D eigenvalue weighted by molar-refractivity contribution is 0.0920. The summed E-state index contributed by atoms with van der Waals surface area (Å²) in [7, 11) is 0.